The molecule has 0 unspecified atom stereocenters. The summed E-state index contributed by atoms with van der Waals surface area (Å²) < 4.78 is 13.0. The van der Waals surface area contributed by atoms with Crippen LogP contribution in [0.1, 0.15) is 30.7 Å². The van der Waals surface area contributed by atoms with E-state index < -0.39 is 0 Å². The zero-order valence-electron chi connectivity index (χ0n) is 15.6. The standard InChI is InChI=1S/C19H30N4O3/c24-19(22-7-10-25-11-8-22)3-2-17-12-18-14-21(5-1-6-23(18)20-17)13-16-4-9-26-15-16/h12,16H,1-11,13-15H2/t16-/m1/s1. The summed E-state index contributed by atoms with van der Waals surface area (Å²) in [5.74, 6) is 0.898. The number of carbonyl (C=O) groups is 1. The lowest BCUT2D eigenvalue weighted by molar-refractivity contribution is -0.135. The van der Waals surface area contributed by atoms with Gasteiger partial charge in [-0.3, -0.25) is 14.4 Å². The minimum Gasteiger partial charge on any atom is -0.381 e. The van der Waals surface area contributed by atoms with Gasteiger partial charge in [0.15, 0.2) is 0 Å². The molecule has 3 aliphatic heterocycles. The molecule has 0 N–H and O–H groups in total. The van der Waals surface area contributed by atoms with E-state index in [4.69, 9.17) is 14.6 Å². The molecule has 26 heavy (non-hydrogen) atoms. The van der Waals surface area contributed by atoms with E-state index in [-0.39, 0.29) is 5.91 Å². The summed E-state index contributed by atoms with van der Waals surface area (Å²) >= 11 is 0. The van der Waals surface area contributed by atoms with Crippen molar-refractivity contribution in [3.8, 4) is 0 Å². The summed E-state index contributed by atoms with van der Waals surface area (Å²) in [7, 11) is 0. The van der Waals surface area contributed by atoms with E-state index in [9.17, 15) is 4.79 Å². The number of fused-ring (bicyclic) bond motifs is 1. The minimum absolute atomic E-state index is 0.222. The van der Waals surface area contributed by atoms with Crippen LogP contribution in [0.15, 0.2) is 6.07 Å². The smallest absolute Gasteiger partial charge is 0.223 e. The maximum Gasteiger partial charge on any atom is 0.223 e. The summed E-state index contributed by atoms with van der Waals surface area (Å²) in [6.45, 7) is 8.77. The largest absolute Gasteiger partial charge is 0.381 e. The number of ether oxygens (including phenoxy) is 2. The first-order chi connectivity index (χ1) is 12.8. The van der Waals surface area contributed by atoms with E-state index in [0.29, 0.717) is 25.6 Å². The molecule has 144 valence electrons. The number of aromatic nitrogens is 2. The summed E-state index contributed by atoms with van der Waals surface area (Å²) in [6.07, 6.45) is 3.59. The molecule has 4 heterocycles. The van der Waals surface area contributed by atoms with Crippen LogP contribution < -0.4 is 0 Å². The summed E-state index contributed by atoms with van der Waals surface area (Å²) in [5, 5.41) is 4.76. The third kappa shape index (κ3) is 4.45. The molecular formula is C19H30N4O3. The Kier molecular flexibility index (Phi) is 5.87. The maximum atomic E-state index is 12.3. The number of aryl methyl sites for hydroxylation is 2. The number of hydrogen-bond acceptors (Lipinski definition) is 5. The number of amides is 1. The highest BCUT2D eigenvalue weighted by Gasteiger charge is 2.23. The lowest BCUT2D eigenvalue weighted by atomic mass is 10.1. The molecular weight excluding hydrogens is 332 g/mol. The molecule has 0 saturated carbocycles. The van der Waals surface area contributed by atoms with Crippen molar-refractivity contribution < 1.29 is 14.3 Å². The first kappa shape index (κ1) is 17.9. The van der Waals surface area contributed by atoms with Gasteiger partial charge in [-0.05, 0) is 24.8 Å². The van der Waals surface area contributed by atoms with Gasteiger partial charge in [0, 0.05) is 58.7 Å². The monoisotopic (exact) mass is 362 g/mol. The van der Waals surface area contributed by atoms with Crippen molar-refractivity contribution in [2.75, 3.05) is 52.6 Å². The predicted octanol–water partition coefficient (Wildman–Crippen LogP) is 0.917. The third-order valence-electron chi connectivity index (χ3n) is 5.64. The maximum absolute atomic E-state index is 12.3. The van der Waals surface area contributed by atoms with Gasteiger partial charge in [0.05, 0.1) is 31.2 Å². The molecule has 1 amide bonds. The molecule has 3 aliphatic rings. The first-order valence-electron chi connectivity index (χ1n) is 9.99. The average Bonchev–Trinajstić information content (AvgIpc) is 3.27. The van der Waals surface area contributed by atoms with E-state index in [1.165, 1.54) is 12.1 Å². The molecule has 1 aromatic heterocycles. The Balaban J connectivity index is 1.31. The van der Waals surface area contributed by atoms with Gasteiger partial charge in [0.1, 0.15) is 0 Å². The highest BCUT2D eigenvalue weighted by Crippen LogP contribution is 2.19. The van der Waals surface area contributed by atoms with E-state index in [0.717, 1.165) is 71.0 Å². The Morgan fingerprint density at radius 2 is 2.04 bits per heavy atom. The number of hydrogen-bond donors (Lipinski definition) is 0. The van der Waals surface area contributed by atoms with Crippen LogP contribution in [0.3, 0.4) is 0 Å². The van der Waals surface area contributed by atoms with Crippen molar-refractivity contribution in [1.29, 1.82) is 0 Å². The zero-order chi connectivity index (χ0) is 17.8. The highest BCUT2D eigenvalue weighted by molar-refractivity contribution is 5.76. The summed E-state index contributed by atoms with van der Waals surface area (Å²) in [5.41, 5.74) is 2.34. The molecule has 1 aromatic rings. The lowest BCUT2D eigenvalue weighted by Gasteiger charge is -2.26. The van der Waals surface area contributed by atoms with Crippen LogP contribution in [0.2, 0.25) is 0 Å². The van der Waals surface area contributed by atoms with Gasteiger partial charge in [-0.1, -0.05) is 0 Å². The Labute approximate surface area is 155 Å². The fourth-order valence-electron chi connectivity index (χ4n) is 4.16. The normalized spacial score (nSPS) is 24.5. The Bertz CT molecular complexity index is 606. The Morgan fingerprint density at radius 1 is 1.15 bits per heavy atom. The van der Waals surface area contributed by atoms with Crippen molar-refractivity contribution in [3.05, 3.63) is 17.5 Å². The number of nitrogens with zero attached hydrogens (tertiary/aromatic N) is 4. The number of carbonyl (C=O) groups excluding carboxylic acids is 1. The fraction of sp³-hybridized carbons (Fsp3) is 0.789. The second kappa shape index (κ2) is 8.50. The van der Waals surface area contributed by atoms with Crippen LogP contribution in [0, 0.1) is 5.92 Å². The van der Waals surface area contributed by atoms with Gasteiger partial charge in [0.25, 0.3) is 0 Å². The number of rotatable bonds is 5. The van der Waals surface area contributed by atoms with E-state index in [2.05, 4.69) is 15.6 Å². The molecule has 1 atom stereocenters. The molecule has 0 radical (unpaired) electrons. The van der Waals surface area contributed by atoms with E-state index in [1.807, 2.05) is 4.90 Å². The van der Waals surface area contributed by atoms with Gasteiger partial charge in [0.2, 0.25) is 5.91 Å². The van der Waals surface area contributed by atoms with Crippen LogP contribution in [-0.4, -0.2) is 78.1 Å². The van der Waals surface area contributed by atoms with E-state index in [1.54, 1.807) is 0 Å². The second-order valence-corrected chi connectivity index (χ2v) is 7.66. The summed E-state index contributed by atoms with van der Waals surface area (Å²) in [6, 6.07) is 2.20. The minimum atomic E-state index is 0.222. The van der Waals surface area contributed by atoms with Gasteiger partial charge >= 0.3 is 0 Å². The van der Waals surface area contributed by atoms with Gasteiger partial charge in [-0.15, -0.1) is 0 Å². The Morgan fingerprint density at radius 3 is 2.85 bits per heavy atom. The molecule has 0 aliphatic carbocycles. The van der Waals surface area contributed by atoms with Crippen molar-refractivity contribution in [1.82, 2.24) is 19.6 Å². The van der Waals surface area contributed by atoms with Gasteiger partial charge < -0.3 is 14.4 Å². The summed E-state index contributed by atoms with van der Waals surface area (Å²) in [4.78, 5) is 16.8. The molecule has 2 saturated heterocycles. The highest BCUT2D eigenvalue weighted by atomic mass is 16.5. The molecule has 4 rings (SSSR count). The lowest BCUT2D eigenvalue weighted by Crippen LogP contribution is -2.40. The van der Waals surface area contributed by atoms with Crippen molar-refractivity contribution in [2.24, 2.45) is 5.92 Å². The van der Waals surface area contributed by atoms with Gasteiger partial charge in [-0.25, -0.2) is 0 Å². The average molecular weight is 362 g/mol. The van der Waals surface area contributed by atoms with Crippen LogP contribution in [-0.2, 0) is 33.8 Å². The topological polar surface area (TPSA) is 59.8 Å². The first-order valence-corrected chi connectivity index (χ1v) is 9.99. The molecule has 0 bridgehead atoms. The van der Waals surface area contributed by atoms with Crippen molar-refractivity contribution in [2.45, 2.75) is 38.8 Å². The zero-order valence-corrected chi connectivity index (χ0v) is 15.6. The third-order valence-corrected chi connectivity index (χ3v) is 5.64. The molecule has 7 nitrogen and oxygen atoms in total. The fourth-order valence-corrected chi connectivity index (χ4v) is 4.16. The van der Waals surface area contributed by atoms with Crippen LogP contribution in [0.25, 0.3) is 0 Å². The second-order valence-electron chi connectivity index (χ2n) is 7.66. The quantitative estimate of drug-likeness (QED) is 0.779. The number of morpholine rings is 1. The van der Waals surface area contributed by atoms with Crippen LogP contribution in [0.4, 0.5) is 0 Å². The van der Waals surface area contributed by atoms with Crippen molar-refractivity contribution in [3.63, 3.8) is 0 Å². The molecule has 0 aromatic carbocycles. The van der Waals surface area contributed by atoms with E-state index >= 15 is 0 Å². The molecule has 2 fully saturated rings. The van der Waals surface area contributed by atoms with Crippen LogP contribution >= 0.6 is 0 Å². The molecule has 0 spiro atoms. The van der Waals surface area contributed by atoms with Crippen molar-refractivity contribution >= 4 is 5.91 Å². The molecule has 7 heteroatoms. The van der Waals surface area contributed by atoms with Crippen LogP contribution in [0.5, 0.6) is 0 Å². The van der Waals surface area contributed by atoms with Gasteiger partial charge in [-0.2, -0.15) is 5.10 Å². The predicted molar refractivity (Wildman–Crippen MR) is 96.8 cm³/mol. The Hall–Kier alpha value is -1.44. The SMILES string of the molecule is O=C(CCc1cc2n(n1)CCCN(C[C@H]1CCOC1)C2)N1CCOCC1.